The Balaban J connectivity index is 2.08. The first kappa shape index (κ1) is 13.0. The van der Waals surface area contributed by atoms with E-state index in [1.54, 1.807) is 23.5 Å². The number of nitrogens with zero attached hydrogens (tertiary/aromatic N) is 1. The number of aromatic nitrogens is 1. The summed E-state index contributed by atoms with van der Waals surface area (Å²) >= 11 is 1.60. The fraction of sp³-hybridized carbons (Fsp3) is 0.357. The van der Waals surface area contributed by atoms with E-state index in [0.717, 1.165) is 10.7 Å². The van der Waals surface area contributed by atoms with Gasteiger partial charge < -0.3 is 4.74 Å². The Morgan fingerprint density at radius 2 is 2.17 bits per heavy atom. The monoisotopic (exact) mass is 265 g/mol. The van der Waals surface area contributed by atoms with Crippen LogP contribution in [0.5, 0.6) is 5.75 Å². The van der Waals surface area contributed by atoms with Crippen LogP contribution in [0.3, 0.4) is 0 Å². The molecular formula is C14H16FNOS. The van der Waals surface area contributed by atoms with Crippen molar-refractivity contribution in [1.82, 2.24) is 4.98 Å². The summed E-state index contributed by atoms with van der Waals surface area (Å²) in [7, 11) is 0. The highest BCUT2D eigenvalue weighted by atomic mass is 32.1. The lowest BCUT2D eigenvalue weighted by Crippen LogP contribution is -1.98. The summed E-state index contributed by atoms with van der Waals surface area (Å²) in [5.74, 6) is 0.655. The second-order valence-electron chi connectivity index (χ2n) is 4.48. The molecule has 0 spiro atoms. The van der Waals surface area contributed by atoms with Gasteiger partial charge >= 0.3 is 0 Å². The van der Waals surface area contributed by atoms with E-state index >= 15 is 0 Å². The number of halogens is 1. The lowest BCUT2D eigenvalue weighted by atomic mass is 10.0. The third-order valence-corrected chi connectivity index (χ3v) is 3.47. The summed E-state index contributed by atoms with van der Waals surface area (Å²) in [5, 5.41) is 3.00. The molecule has 0 aliphatic carbocycles. The number of aryl methyl sites for hydroxylation is 1. The molecule has 0 N–H and O–H groups in total. The van der Waals surface area contributed by atoms with Gasteiger partial charge in [-0.15, -0.1) is 11.3 Å². The highest BCUT2D eigenvalue weighted by Gasteiger charge is 2.08. The fourth-order valence-electron chi connectivity index (χ4n) is 1.69. The number of thiazole rings is 1. The van der Waals surface area contributed by atoms with Gasteiger partial charge in [0.2, 0.25) is 0 Å². The van der Waals surface area contributed by atoms with Crippen molar-refractivity contribution >= 4 is 11.3 Å². The Bertz CT molecular complexity index is 536. The Hall–Kier alpha value is -1.42. The topological polar surface area (TPSA) is 22.1 Å². The van der Waals surface area contributed by atoms with Gasteiger partial charge in [0.1, 0.15) is 18.2 Å². The maximum Gasteiger partial charge on any atom is 0.131 e. The van der Waals surface area contributed by atoms with Gasteiger partial charge in [-0.25, -0.2) is 9.37 Å². The van der Waals surface area contributed by atoms with Crippen molar-refractivity contribution in [2.24, 2.45) is 0 Å². The summed E-state index contributed by atoms with van der Waals surface area (Å²) in [6.45, 7) is 6.31. The van der Waals surface area contributed by atoms with Crippen molar-refractivity contribution in [1.29, 1.82) is 0 Å². The van der Waals surface area contributed by atoms with Crippen LogP contribution in [0.2, 0.25) is 0 Å². The molecular weight excluding hydrogens is 249 g/mol. The van der Waals surface area contributed by atoms with Crippen molar-refractivity contribution in [2.75, 3.05) is 0 Å². The van der Waals surface area contributed by atoms with Gasteiger partial charge in [0.25, 0.3) is 0 Å². The van der Waals surface area contributed by atoms with Gasteiger partial charge in [-0.3, -0.25) is 0 Å². The van der Waals surface area contributed by atoms with Gasteiger partial charge in [-0.05, 0) is 36.6 Å². The molecule has 0 aliphatic rings. The van der Waals surface area contributed by atoms with Crippen LogP contribution in [0, 0.1) is 12.7 Å². The largest absolute Gasteiger partial charge is 0.487 e. The van der Waals surface area contributed by atoms with Crippen LogP contribution < -0.4 is 4.74 Å². The second-order valence-corrected chi connectivity index (χ2v) is 5.55. The molecule has 0 fully saturated rings. The quantitative estimate of drug-likeness (QED) is 0.822. The summed E-state index contributed by atoms with van der Waals surface area (Å²) in [4.78, 5) is 4.32. The highest BCUT2D eigenvalue weighted by Crippen LogP contribution is 2.24. The molecule has 0 amide bonds. The Morgan fingerprint density at radius 1 is 1.39 bits per heavy atom. The van der Waals surface area contributed by atoms with Crippen LogP contribution in [-0.2, 0) is 6.61 Å². The van der Waals surface area contributed by atoms with E-state index in [-0.39, 0.29) is 11.7 Å². The van der Waals surface area contributed by atoms with Crippen LogP contribution in [0.1, 0.15) is 36.0 Å². The maximum absolute atomic E-state index is 13.5. The third-order valence-electron chi connectivity index (χ3n) is 2.64. The molecule has 18 heavy (non-hydrogen) atoms. The normalized spacial score (nSPS) is 10.9. The number of hydrogen-bond donors (Lipinski definition) is 0. The molecule has 1 heterocycles. The molecule has 2 nitrogen and oxygen atoms in total. The van der Waals surface area contributed by atoms with E-state index in [1.807, 2.05) is 26.2 Å². The molecule has 2 rings (SSSR count). The molecule has 1 aromatic heterocycles. The highest BCUT2D eigenvalue weighted by molar-refractivity contribution is 7.09. The fourth-order valence-corrected chi connectivity index (χ4v) is 2.28. The van der Waals surface area contributed by atoms with E-state index in [4.69, 9.17) is 4.74 Å². The predicted molar refractivity (Wildman–Crippen MR) is 71.7 cm³/mol. The van der Waals surface area contributed by atoms with Gasteiger partial charge in [-0.1, -0.05) is 13.8 Å². The minimum atomic E-state index is -0.179. The van der Waals surface area contributed by atoms with E-state index in [0.29, 0.717) is 17.9 Å². The Kier molecular flexibility index (Phi) is 3.97. The van der Waals surface area contributed by atoms with Crippen molar-refractivity contribution in [3.05, 3.63) is 45.7 Å². The van der Waals surface area contributed by atoms with Crippen LogP contribution in [0.4, 0.5) is 4.39 Å². The molecule has 0 radical (unpaired) electrons. The Labute approximate surface area is 110 Å². The number of ether oxygens (including phenoxy) is 1. The maximum atomic E-state index is 13.5. The first-order valence-corrected chi connectivity index (χ1v) is 6.77. The van der Waals surface area contributed by atoms with Crippen molar-refractivity contribution < 1.29 is 9.13 Å². The molecule has 4 heteroatoms. The molecule has 2 aromatic rings. The minimum Gasteiger partial charge on any atom is -0.487 e. The zero-order chi connectivity index (χ0) is 13.1. The lowest BCUT2D eigenvalue weighted by molar-refractivity contribution is 0.301. The number of benzene rings is 1. The SMILES string of the molecule is Cc1nc(COc2ccc(F)c(C(C)C)c2)cs1. The standard InChI is InChI=1S/C14H16FNOS/c1-9(2)13-6-12(4-5-14(13)15)17-7-11-8-18-10(3)16-11/h4-6,8-9H,7H2,1-3H3. The average Bonchev–Trinajstić information content (AvgIpc) is 2.74. The van der Waals surface area contributed by atoms with Crippen LogP contribution in [0.15, 0.2) is 23.6 Å². The van der Waals surface area contributed by atoms with E-state index < -0.39 is 0 Å². The van der Waals surface area contributed by atoms with Gasteiger partial charge in [0.15, 0.2) is 0 Å². The van der Waals surface area contributed by atoms with Crippen molar-refractivity contribution in [2.45, 2.75) is 33.3 Å². The zero-order valence-electron chi connectivity index (χ0n) is 10.7. The molecule has 0 saturated carbocycles. The van der Waals surface area contributed by atoms with Crippen molar-refractivity contribution in [3.8, 4) is 5.75 Å². The predicted octanol–water partition coefficient (Wildman–Crippen LogP) is 4.29. The zero-order valence-corrected chi connectivity index (χ0v) is 11.6. The molecule has 0 bridgehead atoms. The number of hydrogen-bond acceptors (Lipinski definition) is 3. The van der Waals surface area contributed by atoms with Gasteiger partial charge in [0.05, 0.1) is 10.7 Å². The van der Waals surface area contributed by atoms with E-state index in [1.165, 1.54) is 6.07 Å². The molecule has 0 aliphatic heterocycles. The second kappa shape index (κ2) is 5.48. The van der Waals surface area contributed by atoms with E-state index in [2.05, 4.69) is 4.98 Å². The van der Waals surface area contributed by atoms with Crippen LogP contribution in [-0.4, -0.2) is 4.98 Å². The first-order chi connectivity index (χ1) is 8.56. The first-order valence-electron chi connectivity index (χ1n) is 5.89. The summed E-state index contributed by atoms with van der Waals surface area (Å²) in [6.07, 6.45) is 0. The number of rotatable bonds is 4. The summed E-state index contributed by atoms with van der Waals surface area (Å²) < 4.78 is 19.1. The summed E-state index contributed by atoms with van der Waals surface area (Å²) in [5.41, 5.74) is 1.59. The van der Waals surface area contributed by atoms with E-state index in [9.17, 15) is 4.39 Å². The van der Waals surface area contributed by atoms with Gasteiger partial charge in [-0.2, -0.15) is 0 Å². The van der Waals surface area contributed by atoms with Crippen molar-refractivity contribution in [3.63, 3.8) is 0 Å². The molecule has 96 valence electrons. The molecule has 0 atom stereocenters. The molecule has 1 aromatic carbocycles. The van der Waals surface area contributed by atoms with Crippen LogP contribution >= 0.6 is 11.3 Å². The Morgan fingerprint density at radius 3 is 2.78 bits per heavy atom. The lowest BCUT2D eigenvalue weighted by Gasteiger charge is -2.10. The van der Waals surface area contributed by atoms with Gasteiger partial charge in [0, 0.05) is 5.38 Å². The molecule has 0 unspecified atom stereocenters. The third kappa shape index (κ3) is 3.07. The smallest absolute Gasteiger partial charge is 0.131 e. The average molecular weight is 265 g/mol. The summed E-state index contributed by atoms with van der Waals surface area (Å²) in [6, 6.07) is 4.87. The van der Waals surface area contributed by atoms with Crippen LogP contribution in [0.25, 0.3) is 0 Å². The molecule has 0 saturated heterocycles. The minimum absolute atomic E-state index is 0.148.